The van der Waals surface area contributed by atoms with Crippen molar-refractivity contribution >= 4 is 5.82 Å². The third-order valence-corrected chi connectivity index (χ3v) is 3.22. The van der Waals surface area contributed by atoms with Crippen molar-refractivity contribution in [3.8, 4) is 17.1 Å². The Bertz CT molecular complexity index is 613. The Hall–Kier alpha value is -2.17. The fourth-order valence-corrected chi connectivity index (χ4v) is 2.20. The Kier molecular flexibility index (Phi) is 5.09. The zero-order valence-electron chi connectivity index (χ0n) is 13.1. The van der Waals surface area contributed by atoms with Crippen molar-refractivity contribution in [1.29, 1.82) is 0 Å². The minimum absolute atomic E-state index is 0.726. The fraction of sp³-hybridized carbons (Fsp3) is 0.438. The molecular weight excluding hydrogens is 264 g/mol. The predicted octanol–water partition coefficient (Wildman–Crippen LogP) is 3.24. The lowest BCUT2D eigenvalue weighted by Crippen LogP contribution is -2.08. The highest BCUT2D eigenvalue weighted by Crippen LogP contribution is 2.31. The molecule has 0 saturated carbocycles. The number of nitrogens with zero attached hydrogens (tertiary/aromatic N) is 3. The van der Waals surface area contributed by atoms with Gasteiger partial charge >= 0.3 is 0 Å². The molecule has 0 radical (unpaired) electrons. The van der Waals surface area contributed by atoms with E-state index in [1.807, 2.05) is 19.1 Å². The van der Waals surface area contributed by atoms with Crippen LogP contribution in [0.5, 0.6) is 5.75 Å². The monoisotopic (exact) mass is 286 g/mol. The van der Waals surface area contributed by atoms with Crippen molar-refractivity contribution < 1.29 is 4.74 Å². The molecule has 0 atom stereocenters. The number of nitrogens with one attached hydrogen (secondary N) is 1. The SMILES string of the molecule is CCCc1nc(NCC)c(C)c(-c2ncccc2OC)n1. The van der Waals surface area contributed by atoms with Crippen LogP contribution in [0, 0.1) is 6.92 Å². The van der Waals surface area contributed by atoms with Gasteiger partial charge in [-0.25, -0.2) is 9.97 Å². The van der Waals surface area contributed by atoms with Gasteiger partial charge in [0.2, 0.25) is 0 Å². The van der Waals surface area contributed by atoms with Gasteiger partial charge in [0.15, 0.2) is 0 Å². The van der Waals surface area contributed by atoms with Crippen LogP contribution in [0.25, 0.3) is 11.4 Å². The quantitative estimate of drug-likeness (QED) is 0.883. The number of methoxy groups -OCH3 is 1. The lowest BCUT2D eigenvalue weighted by atomic mass is 10.1. The first kappa shape index (κ1) is 15.2. The maximum absolute atomic E-state index is 5.41. The first-order valence-corrected chi connectivity index (χ1v) is 7.32. The summed E-state index contributed by atoms with van der Waals surface area (Å²) in [5, 5.41) is 3.30. The first-order chi connectivity index (χ1) is 10.2. The summed E-state index contributed by atoms with van der Waals surface area (Å²) in [5.74, 6) is 2.43. The molecule has 2 rings (SSSR count). The second-order valence-corrected chi connectivity index (χ2v) is 4.80. The van der Waals surface area contributed by atoms with E-state index in [1.54, 1.807) is 13.3 Å². The molecule has 0 unspecified atom stereocenters. The molecule has 2 aromatic rings. The third-order valence-electron chi connectivity index (χ3n) is 3.22. The van der Waals surface area contributed by atoms with Gasteiger partial charge in [-0.05, 0) is 32.4 Å². The van der Waals surface area contributed by atoms with E-state index in [-0.39, 0.29) is 0 Å². The summed E-state index contributed by atoms with van der Waals surface area (Å²) in [6.45, 7) is 7.01. The standard InChI is InChI=1S/C16H22N4O/c1-5-8-13-19-14(11(3)16(20-13)17-6-2)15-12(21-4)9-7-10-18-15/h7,9-10H,5-6,8H2,1-4H3,(H,17,19,20). The van der Waals surface area contributed by atoms with Gasteiger partial charge in [0.1, 0.15) is 28.8 Å². The molecule has 0 saturated heterocycles. The van der Waals surface area contributed by atoms with E-state index < -0.39 is 0 Å². The number of anilines is 1. The molecule has 0 spiro atoms. The van der Waals surface area contributed by atoms with Gasteiger partial charge in [0, 0.05) is 24.7 Å². The Labute approximate surface area is 125 Å². The van der Waals surface area contributed by atoms with Gasteiger partial charge < -0.3 is 10.1 Å². The minimum atomic E-state index is 0.726. The number of pyridine rings is 1. The maximum atomic E-state index is 5.41. The van der Waals surface area contributed by atoms with Gasteiger partial charge in [-0.3, -0.25) is 4.98 Å². The van der Waals surface area contributed by atoms with E-state index in [0.717, 1.165) is 53.7 Å². The topological polar surface area (TPSA) is 59.9 Å². The number of aromatic nitrogens is 3. The molecule has 0 aromatic carbocycles. The van der Waals surface area contributed by atoms with Crippen molar-refractivity contribution in [3.63, 3.8) is 0 Å². The summed E-state index contributed by atoms with van der Waals surface area (Å²) in [5.41, 5.74) is 2.59. The molecular formula is C16H22N4O. The highest BCUT2D eigenvalue weighted by molar-refractivity contribution is 5.70. The molecule has 0 aliphatic heterocycles. The number of ether oxygens (including phenoxy) is 1. The van der Waals surface area contributed by atoms with E-state index >= 15 is 0 Å². The molecule has 0 amide bonds. The van der Waals surface area contributed by atoms with Crippen molar-refractivity contribution in [3.05, 3.63) is 29.7 Å². The van der Waals surface area contributed by atoms with Crippen LogP contribution in [-0.4, -0.2) is 28.6 Å². The Morgan fingerprint density at radius 2 is 2.00 bits per heavy atom. The van der Waals surface area contributed by atoms with Gasteiger partial charge in [-0.1, -0.05) is 6.92 Å². The molecule has 2 aromatic heterocycles. The fourth-order valence-electron chi connectivity index (χ4n) is 2.20. The van der Waals surface area contributed by atoms with Crippen molar-refractivity contribution in [1.82, 2.24) is 15.0 Å². The molecule has 2 heterocycles. The Balaban J connectivity index is 2.60. The van der Waals surface area contributed by atoms with Crippen molar-refractivity contribution in [2.24, 2.45) is 0 Å². The lowest BCUT2D eigenvalue weighted by molar-refractivity contribution is 0.414. The average Bonchev–Trinajstić information content (AvgIpc) is 2.51. The summed E-state index contributed by atoms with van der Waals surface area (Å²) in [6.07, 6.45) is 3.61. The van der Waals surface area contributed by atoms with Crippen LogP contribution in [0.1, 0.15) is 31.7 Å². The van der Waals surface area contributed by atoms with Crippen LogP contribution < -0.4 is 10.1 Å². The van der Waals surface area contributed by atoms with E-state index in [9.17, 15) is 0 Å². The zero-order chi connectivity index (χ0) is 15.2. The summed E-state index contributed by atoms with van der Waals surface area (Å²) < 4.78 is 5.41. The summed E-state index contributed by atoms with van der Waals surface area (Å²) in [7, 11) is 1.65. The molecule has 0 aliphatic rings. The van der Waals surface area contributed by atoms with Crippen LogP contribution in [0.15, 0.2) is 18.3 Å². The Morgan fingerprint density at radius 3 is 2.67 bits per heavy atom. The summed E-state index contributed by atoms with van der Waals surface area (Å²) in [4.78, 5) is 13.7. The molecule has 21 heavy (non-hydrogen) atoms. The van der Waals surface area contributed by atoms with Crippen molar-refractivity contribution in [2.75, 3.05) is 19.0 Å². The third kappa shape index (κ3) is 3.29. The van der Waals surface area contributed by atoms with E-state index in [4.69, 9.17) is 9.72 Å². The number of rotatable bonds is 6. The lowest BCUT2D eigenvalue weighted by Gasteiger charge is -2.14. The predicted molar refractivity (Wildman–Crippen MR) is 84.7 cm³/mol. The highest BCUT2D eigenvalue weighted by Gasteiger charge is 2.16. The molecule has 0 bridgehead atoms. The minimum Gasteiger partial charge on any atom is -0.494 e. The van der Waals surface area contributed by atoms with Crippen LogP contribution in [-0.2, 0) is 6.42 Å². The van der Waals surface area contributed by atoms with Crippen LogP contribution >= 0.6 is 0 Å². The van der Waals surface area contributed by atoms with E-state index in [0.29, 0.717) is 0 Å². The van der Waals surface area contributed by atoms with Crippen LogP contribution in [0.2, 0.25) is 0 Å². The maximum Gasteiger partial charge on any atom is 0.146 e. The average molecular weight is 286 g/mol. The largest absolute Gasteiger partial charge is 0.494 e. The second-order valence-electron chi connectivity index (χ2n) is 4.80. The molecule has 0 aliphatic carbocycles. The summed E-state index contributed by atoms with van der Waals surface area (Å²) >= 11 is 0. The van der Waals surface area contributed by atoms with E-state index in [2.05, 4.69) is 29.1 Å². The number of hydrogen-bond acceptors (Lipinski definition) is 5. The number of hydrogen-bond donors (Lipinski definition) is 1. The van der Waals surface area contributed by atoms with Crippen molar-refractivity contribution in [2.45, 2.75) is 33.6 Å². The summed E-state index contributed by atoms with van der Waals surface area (Å²) in [6, 6.07) is 3.76. The van der Waals surface area contributed by atoms with Crippen LogP contribution in [0.4, 0.5) is 5.82 Å². The molecule has 5 nitrogen and oxygen atoms in total. The normalized spacial score (nSPS) is 10.5. The van der Waals surface area contributed by atoms with Gasteiger partial charge in [0.05, 0.1) is 7.11 Å². The Morgan fingerprint density at radius 1 is 1.19 bits per heavy atom. The number of aryl methyl sites for hydroxylation is 1. The molecule has 112 valence electrons. The van der Waals surface area contributed by atoms with Gasteiger partial charge in [0.25, 0.3) is 0 Å². The van der Waals surface area contributed by atoms with Crippen LogP contribution in [0.3, 0.4) is 0 Å². The van der Waals surface area contributed by atoms with E-state index in [1.165, 1.54) is 0 Å². The first-order valence-electron chi connectivity index (χ1n) is 7.32. The molecule has 1 N–H and O–H groups in total. The second kappa shape index (κ2) is 7.02. The molecule has 5 heteroatoms. The van der Waals surface area contributed by atoms with Gasteiger partial charge in [-0.2, -0.15) is 0 Å². The zero-order valence-corrected chi connectivity index (χ0v) is 13.1. The van der Waals surface area contributed by atoms with Gasteiger partial charge in [-0.15, -0.1) is 0 Å². The highest BCUT2D eigenvalue weighted by atomic mass is 16.5. The smallest absolute Gasteiger partial charge is 0.146 e. The molecule has 0 fully saturated rings.